The van der Waals surface area contributed by atoms with Gasteiger partial charge in [0.25, 0.3) is 0 Å². The number of H-pyrrole nitrogens is 2. The number of fused-ring (bicyclic) bond motifs is 8. The van der Waals surface area contributed by atoms with Crippen molar-refractivity contribution in [3.63, 3.8) is 0 Å². The van der Waals surface area contributed by atoms with Crippen molar-refractivity contribution in [3.8, 4) is 44.5 Å². The van der Waals surface area contributed by atoms with E-state index in [9.17, 15) is 14.4 Å². The molecular weight excluding hydrogens is 784 g/mol. The second-order valence-corrected chi connectivity index (χ2v) is 19.0. The molecular formula is C54H51N4O3P. The van der Waals surface area contributed by atoms with Crippen LogP contribution in [0.3, 0.4) is 0 Å². The molecule has 0 amide bonds. The number of nitrogens with one attached hydrogen (secondary N) is 2. The summed E-state index contributed by atoms with van der Waals surface area (Å²) in [6.45, 7) is 19.5. The highest BCUT2D eigenvalue weighted by Crippen LogP contribution is 2.44. The topological polar surface area (TPSA) is 115 Å². The summed E-state index contributed by atoms with van der Waals surface area (Å²) in [6, 6.07) is 29.6. The number of hydrogen-bond donors (Lipinski definition) is 4. The number of aryl methyl sites for hydroxylation is 9. The van der Waals surface area contributed by atoms with E-state index in [-0.39, 0.29) is 6.16 Å². The van der Waals surface area contributed by atoms with E-state index < -0.39 is 7.60 Å². The third kappa shape index (κ3) is 7.62. The maximum absolute atomic E-state index is 12.0. The fraction of sp³-hybridized carbons (Fsp3) is 0.185. The standard InChI is InChI=1S/C54H51N4O3P/c1-29-20-32(4)48(33(5)21-29)51-43-15-14-40(55-43)26-41-27-42(39-12-10-38(11-13-39)28-62(59,60)61)54(56-41)53(50-36(8)24-31(3)25-37(50)9)47-19-18-46(58-47)52(45-17-16-44(51)57-45)49-34(6)22-30(2)23-35(49)7/h10-27,56-57H,28H2,1-9H3,(H2,59,60,61). The highest BCUT2D eigenvalue weighted by Gasteiger charge is 2.23. The smallest absolute Gasteiger partial charge is 0.329 e. The van der Waals surface area contributed by atoms with Gasteiger partial charge in [-0.05, 0) is 172 Å². The van der Waals surface area contributed by atoms with Crippen molar-refractivity contribution in [2.24, 2.45) is 0 Å². The van der Waals surface area contributed by atoms with E-state index >= 15 is 0 Å². The third-order valence-electron chi connectivity index (χ3n) is 12.1. The molecule has 9 rings (SSSR count). The molecule has 8 heteroatoms. The molecule has 0 saturated heterocycles. The van der Waals surface area contributed by atoms with Crippen molar-refractivity contribution in [1.82, 2.24) is 19.9 Å². The van der Waals surface area contributed by atoms with Crippen molar-refractivity contribution in [2.75, 3.05) is 0 Å². The molecule has 0 spiro atoms. The fourth-order valence-corrected chi connectivity index (χ4v) is 10.7. The summed E-state index contributed by atoms with van der Waals surface area (Å²) in [5.74, 6) is 0. The van der Waals surface area contributed by atoms with Crippen LogP contribution in [0.15, 0.2) is 84.9 Å². The lowest BCUT2D eigenvalue weighted by Crippen LogP contribution is -1.96. The summed E-state index contributed by atoms with van der Waals surface area (Å²) in [7, 11) is -4.25. The summed E-state index contributed by atoms with van der Waals surface area (Å²) in [6.07, 6.45) is 8.16. The van der Waals surface area contributed by atoms with Crippen LogP contribution in [0.2, 0.25) is 0 Å². The zero-order chi connectivity index (χ0) is 43.8. The zero-order valence-electron chi connectivity index (χ0n) is 36.7. The summed E-state index contributed by atoms with van der Waals surface area (Å²) < 4.78 is 12.0. The van der Waals surface area contributed by atoms with Crippen molar-refractivity contribution in [3.05, 3.63) is 163 Å². The molecule has 7 aromatic rings. The number of aromatic amines is 2. The quantitative estimate of drug-likeness (QED) is 0.125. The average Bonchev–Trinajstić information content (AvgIpc) is 4.01. The molecule has 0 atom stereocenters. The molecule has 8 bridgehead atoms. The maximum Gasteiger partial charge on any atom is 0.329 e. The Morgan fingerprint density at radius 2 is 0.919 bits per heavy atom. The first kappa shape index (κ1) is 41.0. The lowest BCUT2D eigenvalue weighted by molar-refractivity contribution is 0.371. The molecule has 0 unspecified atom stereocenters. The highest BCUT2D eigenvalue weighted by molar-refractivity contribution is 7.50. The first-order chi connectivity index (χ1) is 29.5. The second-order valence-electron chi connectivity index (χ2n) is 17.4. The van der Waals surface area contributed by atoms with Gasteiger partial charge in [-0.15, -0.1) is 0 Å². The van der Waals surface area contributed by atoms with Crippen LogP contribution in [0.1, 0.15) is 78.4 Å². The third-order valence-corrected chi connectivity index (χ3v) is 12.9. The molecule has 0 saturated carbocycles. The molecule has 4 N–H and O–H groups in total. The average molecular weight is 835 g/mol. The molecule has 3 aromatic heterocycles. The van der Waals surface area contributed by atoms with Crippen molar-refractivity contribution < 1.29 is 14.4 Å². The van der Waals surface area contributed by atoms with E-state index in [4.69, 9.17) is 9.97 Å². The fourth-order valence-electron chi connectivity index (χ4n) is 10.00. The highest BCUT2D eigenvalue weighted by atomic mass is 31.2. The van der Waals surface area contributed by atoms with Crippen LogP contribution in [0, 0.1) is 62.3 Å². The van der Waals surface area contributed by atoms with Crippen LogP contribution in [0.5, 0.6) is 0 Å². The van der Waals surface area contributed by atoms with Crippen LogP contribution in [0.4, 0.5) is 0 Å². The summed E-state index contributed by atoms with van der Waals surface area (Å²) in [4.78, 5) is 38.2. The van der Waals surface area contributed by atoms with Crippen LogP contribution in [0.25, 0.3) is 90.9 Å². The molecule has 310 valence electrons. The molecule has 5 heterocycles. The first-order valence-corrected chi connectivity index (χ1v) is 22.9. The second kappa shape index (κ2) is 15.5. The zero-order valence-corrected chi connectivity index (χ0v) is 37.6. The van der Waals surface area contributed by atoms with E-state index in [2.05, 4.69) is 157 Å². The molecule has 2 aliphatic rings. The number of hydrogen-bond acceptors (Lipinski definition) is 3. The Bertz CT molecular complexity index is 3230. The van der Waals surface area contributed by atoms with E-state index in [1.165, 1.54) is 38.9 Å². The van der Waals surface area contributed by atoms with Gasteiger partial charge in [0.2, 0.25) is 0 Å². The van der Waals surface area contributed by atoms with Gasteiger partial charge in [-0.3, -0.25) is 4.57 Å². The molecule has 0 radical (unpaired) electrons. The minimum Gasteiger partial charge on any atom is -0.354 e. The number of nitrogens with zero attached hydrogens (tertiary/aromatic N) is 2. The van der Waals surface area contributed by atoms with Gasteiger partial charge in [0.1, 0.15) is 0 Å². The van der Waals surface area contributed by atoms with Gasteiger partial charge < -0.3 is 19.8 Å². The Hall–Kier alpha value is -6.37. The van der Waals surface area contributed by atoms with Gasteiger partial charge in [-0.2, -0.15) is 0 Å². The van der Waals surface area contributed by atoms with Crippen molar-refractivity contribution in [2.45, 2.75) is 68.5 Å². The molecule has 62 heavy (non-hydrogen) atoms. The lowest BCUT2D eigenvalue weighted by Gasteiger charge is -2.15. The van der Waals surface area contributed by atoms with Crippen molar-refractivity contribution >= 4 is 54.0 Å². The first-order valence-electron chi connectivity index (χ1n) is 21.1. The largest absolute Gasteiger partial charge is 0.354 e. The minimum absolute atomic E-state index is 0.321. The normalized spacial score (nSPS) is 12.4. The lowest BCUT2D eigenvalue weighted by atomic mass is 9.91. The van der Waals surface area contributed by atoms with Crippen LogP contribution in [-0.2, 0) is 10.7 Å². The van der Waals surface area contributed by atoms with Gasteiger partial charge in [0.15, 0.2) is 0 Å². The summed E-state index contributed by atoms with van der Waals surface area (Å²) in [5.41, 5.74) is 26.5. The van der Waals surface area contributed by atoms with Gasteiger partial charge in [-0.25, -0.2) is 9.97 Å². The molecule has 7 nitrogen and oxygen atoms in total. The minimum atomic E-state index is -4.25. The van der Waals surface area contributed by atoms with Crippen molar-refractivity contribution in [1.29, 1.82) is 0 Å². The number of benzene rings is 4. The van der Waals surface area contributed by atoms with Gasteiger partial charge in [0.05, 0.1) is 34.5 Å². The van der Waals surface area contributed by atoms with E-state index in [1.54, 1.807) is 12.1 Å². The van der Waals surface area contributed by atoms with Gasteiger partial charge in [-0.1, -0.05) is 77.4 Å². The van der Waals surface area contributed by atoms with E-state index in [0.717, 1.165) is 100 Å². The Balaban J connectivity index is 1.49. The summed E-state index contributed by atoms with van der Waals surface area (Å²) in [5, 5.41) is 0. The number of rotatable bonds is 6. The van der Waals surface area contributed by atoms with Crippen LogP contribution in [-0.4, -0.2) is 29.7 Å². The monoisotopic (exact) mass is 834 g/mol. The van der Waals surface area contributed by atoms with Crippen LogP contribution >= 0.6 is 7.60 Å². The van der Waals surface area contributed by atoms with Gasteiger partial charge in [0, 0.05) is 38.8 Å². The summed E-state index contributed by atoms with van der Waals surface area (Å²) >= 11 is 0. The van der Waals surface area contributed by atoms with Crippen LogP contribution < -0.4 is 0 Å². The molecule has 4 aromatic carbocycles. The van der Waals surface area contributed by atoms with E-state index in [1.807, 2.05) is 12.1 Å². The van der Waals surface area contributed by atoms with E-state index in [0.29, 0.717) is 5.56 Å². The molecule has 0 aliphatic carbocycles. The molecule has 0 fully saturated rings. The van der Waals surface area contributed by atoms with Gasteiger partial charge >= 0.3 is 7.60 Å². The Kier molecular flexibility index (Phi) is 10.3. The Labute approximate surface area is 363 Å². The maximum atomic E-state index is 12.0. The Morgan fingerprint density at radius 3 is 1.40 bits per heavy atom. The molecule has 2 aliphatic heterocycles. The Morgan fingerprint density at radius 1 is 0.484 bits per heavy atom. The predicted molar refractivity (Wildman–Crippen MR) is 259 cm³/mol. The predicted octanol–water partition coefficient (Wildman–Crippen LogP) is 13.8. The SMILES string of the molecule is Cc1cc(C)c(-c2c3nc(cc4cc(-c5ccc(CP(=O)(O)O)cc5)c([nH]4)c(-c4c(C)cc(C)cc4C)c4nc(c(-c5c(C)cc(C)cc5C)c5ccc2[nH]5)C=C4)C=C3)c(C)c1. The number of aromatic nitrogens is 4.